The first kappa shape index (κ1) is 16.0. The van der Waals surface area contributed by atoms with Crippen molar-refractivity contribution in [2.75, 3.05) is 13.7 Å². The van der Waals surface area contributed by atoms with E-state index in [-0.39, 0.29) is 11.9 Å². The summed E-state index contributed by atoms with van der Waals surface area (Å²) in [5.74, 6) is 0.632. The smallest absolute Gasteiger partial charge is 0.137 e. The summed E-state index contributed by atoms with van der Waals surface area (Å²) in [4.78, 5) is 0. The summed E-state index contributed by atoms with van der Waals surface area (Å²) >= 11 is 3.33. The van der Waals surface area contributed by atoms with Gasteiger partial charge in [0.15, 0.2) is 0 Å². The topological polar surface area (TPSA) is 21.3 Å². The monoisotopic (exact) mass is 351 g/mol. The van der Waals surface area contributed by atoms with Gasteiger partial charge in [-0.3, -0.25) is 0 Å². The largest absolute Gasteiger partial charge is 0.494 e. The van der Waals surface area contributed by atoms with Gasteiger partial charge in [-0.15, -0.1) is 0 Å². The molecule has 2 aromatic carbocycles. The van der Waals surface area contributed by atoms with Gasteiger partial charge in [-0.2, -0.15) is 0 Å². The molecule has 21 heavy (non-hydrogen) atoms. The molecule has 4 heteroatoms. The molecule has 2 aromatic rings. The third-order valence-electron chi connectivity index (χ3n) is 3.40. The minimum atomic E-state index is -0.236. The second-order valence-corrected chi connectivity index (χ2v) is 5.52. The SMILES string of the molecule is CCOc1ccccc1C(Cc1cccc(F)c1Br)NC. The molecule has 0 heterocycles. The fourth-order valence-electron chi connectivity index (χ4n) is 2.35. The highest BCUT2D eigenvalue weighted by Crippen LogP contribution is 2.30. The van der Waals surface area contributed by atoms with Gasteiger partial charge in [0.2, 0.25) is 0 Å². The van der Waals surface area contributed by atoms with Crippen LogP contribution < -0.4 is 10.1 Å². The maximum absolute atomic E-state index is 13.6. The van der Waals surface area contributed by atoms with Crippen molar-refractivity contribution in [3.63, 3.8) is 0 Å². The van der Waals surface area contributed by atoms with E-state index in [0.717, 1.165) is 16.9 Å². The molecule has 0 aromatic heterocycles. The van der Waals surface area contributed by atoms with Gasteiger partial charge in [0.25, 0.3) is 0 Å². The molecule has 2 rings (SSSR count). The number of para-hydroxylation sites is 1. The van der Waals surface area contributed by atoms with Crippen molar-refractivity contribution in [2.45, 2.75) is 19.4 Å². The second kappa shape index (κ2) is 7.57. The summed E-state index contributed by atoms with van der Waals surface area (Å²) in [6.07, 6.45) is 0.679. The van der Waals surface area contributed by atoms with Crippen molar-refractivity contribution < 1.29 is 9.13 Å². The van der Waals surface area contributed by atoms with Crippen LogP contribution in [-0.4, -0.2) is 13.7 Å². The lowest BCUT2D eigenvalue weighted by molar-refractivity contribution is 0.332. The fraction of sp³-hybridized carbons (Fsp3) is 0.294. The zero-order chi connectivity index (χ0) is 15.2. The molecule has 1 N–H and O–H groups in total. The van der Waals surface area contributed by atoms with E-state index in [1.807, 2.05) is 44.3 Å². The molecule has 0 saturated heterocycles. The minimum Gasteiger partial charge on any atom is -0.494 e. The molecule has 0 radical (unpaired) electrons. The highest BCUT2D eigenvalue weighted by Gasteiger charge is 2.17. The van der Waals surface area contributed by atoms with Gasteiger partial charge in [-0.25, -0.2) is 4.39 Å². The predicted octanol–water partition coefficient (Wildman–Crippen LogP) is 4.49. The second-order valence-electron chi connectivity index (χ2n) is 4.73. The molecule has 0 spiro atoms. The van der Waals surface area contributed by atoms with Crippen LogP contribution >= 0.6 is 15.9 Å². The maximum atomic E-state index is 13.6. The summed E-state index contributed by atoms with van der Waals surface area (Å²) in [6.45, 7) is 2.59. The van der Waals surface area contributed by atoms with Crippen molar-refractivity contribution in [1.82, 2.24) is 5.32 Å². The van der Waals surface area contributed by atoms with Gasteiger partial charge in [0.05, 0.1) is 11.1 Å². The number of nitrogens with one attached hydrogen (secondary N) is 1. The number of hydrogen-bond donors (Lipinski definition) is 1. The first-order chi connectivity index (χ1) is 10.2. The fourth-order valence-corrected chi connectivity index (χ4v) is 2.78. The zero-order valence-corrected chi connectivity index (χ0v) is 13.8. The lowest BCUT2D eigenvalue weighted by Gasteiger charge is -2.20. The van der Waals surface area contributed by atoms with Crippen LogP contribution in [0.5, 0.6) is 5.75 Å². The number of likely N-dealkylation sites (N-methyl/N-ethyl adjacent to an activating group) is 1. The zero-order valence-electron chi connectivity index (χ0n) is 12.2. The highest BCUT2D eigenvalue weighted by atomic mass is 79.9. The third kappa shape index (κ3) is 3.83. The van der Waals surface area contributed by atoms with E-state index in [0.29, 0.717) is 17.5 Å². The van der Waals surface area contributed by atoms with E-state index in [2.05, 4.69) is 21.2 Å². The average molecular weight is 352 g/mol. The van der Waals surface area contributed by atoms with E-state index >= 15 is 0 Å². The van der Waals surface area contributed by atoms with Gasteiger partial charge < -0.3 is 10.1 Å². The van der Waals surface area contributed by atoms with Gasteiger partial charge in [0.1, 0.15) is 11.6 Å². The van der Waals surface area contributed by atoms with E-state index in [9.17, 15) is 4.39 Å². The molecular weight excluding hydrogens is 333 g/mol. The molecule has 0 amide bonds. The highest BCUT2D eigenvalue weighted by molar-refractivity contribution is 9.10. The maximum Gasteiger partial charge on any atom is 0.137 e. The Morgan fingerprint density at radius 3 is 2.67 bits per heavy atom. The van der Waals surface area contributed by atoms with E-state index in [1.54, 1.807) is 6.07 Å². The van der Waals surface area contributed by atoms with Crippen molar-refractivity contribution in [3.8, 4) is 5.75 Å². The first-order valence-electron chi connectivity index (χ1n) is 6.99. The lowest BCUT2D eigenvalue weighted by atomic mass is 9.98. The summed E-state index contributed by atoms with van der Waals surface area (Å²) in [5.41, 5.74) is 2.01. The average Bonchev–Trinajstić information content (AvgIpc) is 2.50. The summed E-state index contributed by atoms with van der Waals surface area (Å²) in [6, 6.07) is 13.1. The molecule has 2 nitrogen and oxygen atoms in total. The summed E-state index contributed by atoms with van der Waals surface area (Å²) in [7, 11) is 1.90. The third-order valence-corrected chi connectivity index (χ3v) is 4.29. The number of halogens is 2. The molecule has 0 bridgehead atoms. The molecule has 0 aliphatic carbocycles. The Hall–Kier alpha value is -1.39. The molecule has 0 saturated carbocycles. The quantitative estimate of drug-likeness (QED) is 0.827. The van der Waals surface area contributed by atoms with Crippen LogP contribution in [0.4, 0.5) is 4.39 Å². The molecule has 1 unspecified atom stereocenters. The number of hydrogen-bond acceptors (Lipinski definition) is 2. The van der Waals surface area contributed by atoms with Crippen LogP contribution in [0.15, 0.2) is 46.9 Å². The molecule has 0 aliphatic heterocycles. The Bertz CT molecular complexity index is 603. The summed E-state index contributed by atoms with van der Waals surface area (Å²) in [5, 5.41) is 3.29. The lowest BCUT2D eigenvalue weighted by Crippen LogP contribution is -2.20. The van der Waals surface area contributed by atoms with Crippen LogP contribution in [0.3, 0.4) is 0 Å². The Morgan fingerprint density at radius 2 is 1.95 bits per heavy atom. The Kier molecular flexibility index (Phi) is 5.76. The van der Waals surface area contributed by atoms with Crippen molar-refractivity contribution >= 4 is 15.9 Å². The molecule has 112 valence electrons. The van der Waals surface area contributed by atoms with E-state index in [4.69, 9.17) is 4.74 Å². The predicted molar refractivity (Wildman–Crippen MR) is 87.2 cm³/mol. The van der Waals surface area contributed by atoms with Gasteiger partial charge in [-0.1, -0.05) is 30.3 Å². The standard InChI is InChI=1S/C17H19BrFNO/c1-3-21-16-10-5-4-8-13(16)15(20-2)11-12-7-6-9-14(19)17(12)18/h4-10,15,20H,3,11H2,1-2H3. The van der Waals surface area contributed by atoms with Crippen LogP contribution in [-0.2, 0) is 6.42 Å². The van der Waals surface area contributed by atoms with Crippen LogP contribution in [0.2, 0.25) is 0 Å². The van der Waals surface area contributed by atoms with Gasteiger partial charge in [-0.05, 0) is 54.0 Å². The molecule has 0 aliphatic rings. The minimum absolute atomic E-state index is 0.0610. The number of ether oxygens (including phenoxy) is 1. The van der Waals surface area contributed by atoms with Crippen molar-refractivity contribution in [1.29, 1.82) is 0 Å². The van der Waals surface area contributed by atoms with E-state index in [1.165, 1.54) is 6.07 Å². The molecule has 0 fully saturated rings. The van der Waals surface area contributed by atoms with E-state index < -0.39 is 0 Å². The number of benzene rings is 2. The first-order valence-corrected chi connectivity index (χ1v) is 7.78. The normalized spacial score (nSPS) is 12.2. The number of rotatable bonds is 6. The van der Waals surface area contributed by atoms with Crippen LogP contribution in [0.25, 0.3) is 0 Å². The van der Waals surface area contributed by atoms with Crippen LogP contribution in [0.1, 0.15) is 24.1 Å². The Morgan fingerprint density at radius 1 is 1.19 bits per heavy atom. The molecule has 1 atom stereocenters. The van der Waals surface area contributed by atoms with Gasteiger partial charge >= 0.3 is 0 Å². The summed E-state index contributed by atoms with van der Waals surface area (Å²) < 4.78 is 19.9. The Labute approximate surface area is 133 Å². The van der Waals surface area contributed by atoms with Crippen molar-refractivity contribution in [3.05, 3.63) is 63.9 Å². The Balaban J connectivity index is 2.30. The molecular formula is C17H19BrFNO. The van der Waals surface area contributed by atoms with Gasteiger partial charge in [0, 0.05) is 11.6 Å². The van der Waals surface area contributed by atoms with Crippen LogP contribution in [0, 0.1) is 5.82 Å². The van der Waals surface area contributed by atoms with Crippen molar-refractivity contribution in [2.24, 2.45) is 0 Å².